The largest absolute Gasteiger partial charge is 0.325 e. The van der Waals surface area contributed by atoms with Gasteiger partial charge in [0.2, 0.25) is 0 Å². The van der Waals surface area contributed by atoms with Crippen LogP contribution in [-0.4, -0.2) is 31.9 Å². The van der Waals surface area contributed by atoms with Crippen LogP contribution < -0.4 is 0 Å². The zero-order valence-electron chi connectivity index (χ0n) is 7.62. The monoisotopic (exact) mass is 284 g/mol. The molecule has 0 amide bonds. The minimum Gasteiger partial charge on any atom is -0.324 e. The van der Waals surface area contributed by atoms with Crippen LogP contribution in [0.1, 0.15) is 13.8 Å². The summed E-state index contributed by atoms with van der Waals surface area (Å²) in [5.41, 5.74) is 0. The number of rotatable bonds is 2. The molecule has 0 heterocycles. The zero-order valence-corrected chi connectivity index (χ0v) is 12.4. The van der Waals surface area contributed by atoms with Gasteiger partial charge >= 0.3 is 15.2 Å². The summed E-state index contributed by atoms with van der Waals surface area (Å²) in [4.78, 5) is 31.8. The smallest absolute Gasteiger partial charge is 0.324 e. The third kappa shape index (κ3) is 32.2. The van der Waals surface area contributed by atoms with E-state index in [-0.39, 0.29) is 31.8 Å². The van der Waals surface area contributed by atoms with Crippen molar-refractivity contribution in [1.29, 1.82) is 0 Å². The van der Waals surface area contributed by atoms with Crippen molar-refractivity contribution in [3.05, 3.63) is 0 Å². The Morgan fingerprint density at radius 3 is 0.923 bits per heavy atom. The second kappa shape index (κ2) is 8.25. The molecular formula is C4H14O6P2Zn. The first kappa shape index (κ1) is 19.5. The molecule has 0 aromatic carbocycles. The van der Waals surface area contributed by atoms with Gasteiger partial charge in [-0.1, -0.05) is 13.8 Å². The van der Waals surface area contributed by atoms with Crippen molar-refractivity contribution >= 4 is 15.2 Å². The van der Waals surface area contributed by atoms with Crippen molar-refractivity contribution < 1.29 is 48.2 Å². The van der Waals surface area contributed by atoms with Gasteiger partial charge in [0, 0.05) is 31.8 Å². The quantitative estimate of drug-likeness (QED) is 0.430. The summed E-state index contributed by atoms with van der Waals surface area (Å²) in [6.07, 6.45) is -0.125. The van der Waals surface area contributed by atoms with Crippen molar-refractivity contribution in [2.75, 3.05) is 12.3 Å². The molecule has 0 aliphatic carbocycles. The molecule has 13 heavy (non-hydrogen) atoms. The molecule has 0 rings (SSSR count). The van der Waals surface area contributed by atoms with Crippen molar-refractivity contribution in [3.63, 3.8) is 0 Å². The molecule has 9 heteroatoms. The molecule has 4 N–H and O–H groups in total. The van der Waals surface area contributed by atoms with E-state index in [9.17, 15) is 9.13 Å². The van der Waals surface area contributed by atoms with E-state index in [0.717, 1.165) is 0 Å². The zero-order chi connectivity index (χ0) is 10.4. The van der Waals surface area contributed by atoms with Gasteiger partial charge < -0.3 is 19.6 Å². The van der Waals surface area contributed by atoms with E-state index in [0.29, 0.717) is 0 Å². The Morgan fingerprint density at radius 1 is 0.846 bits per heavy atom. The second-order valence-electron chi connectivity index (χ2n) is 1.96. The summed E-state index contributed by atoms with van der Waals surface area (Å²) in [6, 6.07) is 0. The Hall–Kier alpha value is 0.923. The van der Waals surface area contributed by atoms with Crippen LogP contribution in [0.3, 0.4) is 0 Å². The molecular weight excluding hydrogens is 271 g/mol. The van der Waals surface area contributed by atoms with Crippen molar-refractivity contribution in [3.8, 4) is 0 Å². The first-order valence-electron chi connectivity index (χ1n) is 3.21. The fourth-order valence-corrected chi connectivity index (χ4v) is 0. The Labute approximate surface area is 89.8 Å². The van der Waals surface area contributed by atoms with E-state index in [1.54, 1.807) is 0 Å². The van der Waals surface area contributed by atoms with E-state index < -0.39 is 15.2 Å². The Morgan fingerprint density at radius 2 is 0.923 bits per heavy atom. The fourth-order valence-electron chi connectivity index (χ4n) is 0. The van der Waals surface area contributed by atoms with Crippen LogP contribution in [0, 0.1) is 0 Å². The van der Waals surface area contributed by atoms with Crippen molar-refractivity contribution in [1.82, 2.24) is 0 Å². The minimum absolute atomic E-state index is 0. The molecule has 0 aromatic rings. The average Bonchev–Trinajstić information content (AvgIpc) is 1.86. The topological polar surface area (TPSA) is 115 Å². The molecule has 0 unspecified atom stereocenters. The summed E-state index contributed by atoms with van der Waals surface area (Å²) >= 11 is 0. The second-order valence-corrected chi connectivity index (χ2v) is 5.89. The first-order chi connectivity index (χ1) is 5.12. The SMILES string of the molecule is CCP(=O)(O)O.CCP(=O)(O)O.[Zn]. The summed E-state index contributed by atoms with van der Waals surface area (Å²) < 4.78 is 19.4. The molecule has 0 atom stereocenters. The van der Waals surface area contributed by atoms with Gasteiger partial charge in [-0.15, -0.1) is 0 Å². The van der Waals surface area contributed by atoms with Crippen LogP contribution in [0.15, 0.2) is 0 Å². The molecule has 78 valence electrons. The molecule has 0 saturated carbocycles. The molecule has 0 aliphatic rings. The van der Waals surface area contributed by atoms with Gasteiger partial charge in [0.1, 0.15) is 0 Å². The minimum atomic E-state index is -3.65. The maximum atomic E-state index is 9.69. The summed E-state index contributed by atoms with van der Waals surface area (Å²) in [5.74, 6) is 0. The first-order valence-corrected chi connectivity index (χ1v) is 6.81. The normalized spacial score (nSPS) is 10.9. The van der Waals surface area contributed by atoms with Gasteiger partial charge in [-0.05, 0) is 0 Å². The van der Waals surface area contributed by atoms with Crippen LogP contribution >= 0.6 is 15.2 Å². The van der Waals surface area contributed by atoms with Crippen molar-refractivity contribution in [2.24, 2.45) is 0 Å². The molecule has 0 radical (unpaired) electrons. The van der Waals surface area contributed by atoms with Crippen LogP contribution in [0.25, 0.3) is 0 Å². The standard InChI is InChI=1S/2C2H7O3P.Zn/c2*1-2-6(3,4)5;/h2*2H2,1H3,(H2,3,4,5);. The van der Waals surface area contributed by atoms with E-state index in [1.807, 2.05) is 0 Å². The fraction of sp³-hybridized carbons (Fsp3) is 1.00. The third-order valence-electron chi connectivity index (χ3n) is 0.824. The van der Waals surface area contributed by atoms with Crippen molar-refractivity contribution in [2.45, 2.75) is 13.8 Å². The van der Waals surface area contributed by atoms with Gasteiger partial charge in [0.15, 0.2) is 0 Å². The van der Waals surface area contributed by atoms with Gasteiger partial charge in [0.05, 0.1) is 0 Å². The maximum absolute atomic E-state index is 9.69. The Kier molecular flexibility index (Phi) is 12.4. The summed E-state index contributed by atoms with van der Waals surface area (Å²) in [6.45, 7) is 2.89. The number of hydrogen-bond acceptors (Lipinski definition) is 2. The van der Waals surface area contributed by atoms with Gasteiger partial charge in [-0.3, -0.25) is 9.13 Å². The van der Waals surface area contributed by atoms with Gasteiger partial charge in [-0.2, -0.15) is 0 Å². The molecule has 0 spiro atoms. The average molecular weight is 285 g/mol. The number of hydrogen-bond donors (Lipinski definition) is 4. The van der Waals surface area contributed by atoms with E-state index in [2.05, 4.69) is 0 Å². The van der Waals surface area contributed by atoms with E-state index >= 15 is 0 Å². The molecule has 0 bridgehead atoms. The Bertz CT molecular complexity index is 173. The molecule has 6 nitrogen and oxygen atoms in total. The predicted octanol–water partition coefficient (Wildman–Crippen LogP) is 0.365. The van der Waals surface area contributed by atoms with Gasteiger partial charge in [-0.25, -0.2) is 0 Å². The van der Waals surface area contributed by atoms with E-state index in [1.165, 1.54) is 13.8 Å². The van der Waals surface area contributed by atoms with Gasteiger partial charge in [0.25, 0.3) is 0 Å². The van der Waals surface area contributed by atoms with Crippen LogP contribution in [-0.2, 0) is 28.6 Å². The van der Waals surface area contributed by atoms with E-state index in [4.69, 9.17) is 19.6 Å². The Balaban J connectivity index is -0.000000143. The summed E-state index contributed by atoms with van der Waals surface area (Å²) in [5, 5.41) is 0. The van der Waals surface area contributed by atoms with Crippen LogP contribution in [0.5, 0.6) is 0 Å². The van der Waals surface area contributed by atoms with Crippen LogP contribution in [0.2, 0.25) is 0 Å². The predicted molar refractivity (Wildman–Crippen MR) is 45.2 cm³/mol. The summed E-state index contributed by atoms with van der Waals surface area (Å²) in [7, 11) is -7.29. The molecule has 0 saturated heterocycles. The third-order valence-corrected chi connectivity index (χ3v) is 2.47. The maximum Gasteiger partial charge on any atom is 0.325 e. The van der Waals surface area contributed by atoms with Crippen LogP contribution in [0.4, 0.5) is 0 Å². The molecule has 0 aromatic heterocycles. The molecule has 0 fully saturated rings. The molecule has 0 aliphatic heterocycles.